The minimum absolute atomic E-state index is 0.134. The molecule has 2 heterocycles. The van der Waals surface area contributed by atoms with E-state index < -0.39 is 22.0 Å². The number of rotatable bonds is 1. The van der Waals surface area contributed by atoms with Crippen molar-refractivity contribution in [2.45, 2.75) is 19.0 Å². The van der Waals surface area contributed by atoms with Crippen molar-refractivity contribution >= 4 is 37.8 Å². The Kier molecular flexibility index (Phi) is 3.09. The Morgan fingerprint density at radius 3 is 2.75 bits per heavy atom. The van der Waals surface area contributed by atoms with E-state index in [0.717, 1.165) is 10.0 Å². The molecule has 0 aliphatic carbocycles. The van der Waals surface area contributed by atoms with E-state index in [1.54, 1.807) is 6.07 Å². The SMILES string of the molecule is O=C1NS(=O)(=O)CCC1N1Cc2ccc(Br)cc2C1=O. The molecule has 8 heteroatoms. The van der Waals surface area contributed by atoms with E-state index >= 15 is 0 Å². The van der Waals surface area contributed by atoms with Crippen LogP contribution < -0.4 is 4.72 Å². The van der Waals surface area contributed by atoms with Gasteiger partial charge in [0.25, 0.3) is 11.8 Å². The predicted octanol–water partition coefficient (Wildman–Crippen LogP) is 0.623. The normalized spacial score (nSPS) is 24.4. The third-order valence-electron chi connectivity index (χ3n) is 3.50. The second-order valence-electron chi connectivity index (χ2n) is 4.82. The van der Waals surface area contributed by atoms with Gasteiger partial charge in [-0.15, -0.1) is 0 Å². The average Bonchev–Trinajstić information content (AvgIpc) is 2.66. The summed E-state index contributed by atoms with van der Waals surface area (Å²) in [6, 6.07) is 4.66. The van der Waals surface area contributed by atoms with Crippen molar-refractivity contribution in [2.75, 3.05) is 5.75 Å². The van der Waals surface area contributed by atoms with Gasteiger partial charge in [0, 0.05) is 16.6 Å². The third-order valence-corrected chi connectivity index (χ3v) is 5.28. The van der Waals surface area contributed by atoms with Crippen molar-refractivity contribution in [3.05, 3.63) is 33.8 Å². The van der Waals surface area contributed by atoms with E-state index in [9.17, 15) is 18.0 Å². The van der Waals surface area contributed by atoms with Crippen LogP contribution in [0.3, 0.4) is 0 Å². The summed E-state index contributed by atoms with van der Waals surface area (Å²) in [5.41, 5.74) is 1.40. The Morgan fingerprint density at radius 1 is 1.30 bits per heavy atom. The number of amides is 2. The van der Waals surface area contributed by atoms with Crippen LogP contribution in [0.2, 0.25) is 0 Å². The number of hydrogen-bond acceptors (Lipinski definition) is 4. The molecule has 1 aromatic carbocycles. The number of halogens is 1. The first kappa shape index (κ1) is 13.6. The molecular weight excluding hydrogens is 348 g/mol. The van der Waals surface area contributed by atoms with E-state index in [0.29, 0.717) is 12.1 Å². The number of benzene rings is 1. The molecule has 3 rings (SSSR count). The molecule has 2 aliphatic heterocycles. The molecule has 1 unspecified atom stereocenters. The molecule has 6 nitrogen and oxygen atoms in total. The fourth-order valence-electron chi connectivity index (χ4n) is 2.51. The molecule has 2 amide bonds. The van der Waals surface area contributed by atoms with Crippen LogP contribution in [0.1, 0.15) is 22.3 Å². The highest BCUT2D eigenvalue weighted by Gasteiger charge is 2.40. The van der Waals surface area contributed by atoms with Crippen LogP contribution in [0.5, 0.6) is 0 Å². The summed E-state index contributed by atoms with van der Waals surface area (Å²) in [5.74, 6) is -1.01. The maximum atomic E-state index is 12.3. The topological polar surface area (TPSA) is 83.6 Å². The number of sulfonamides is 1. The minimum Gasteiger partial charge on any atom is -0.322 e. The summed E-state index contributed by atoms with van der Waals surface area (Å²) in [4.78, 5) is 25.6. The lowest BCUT2D eigenvalue weighted by Crippen LogP contribution is -2.53. The lowest BCUT2D eigenvalue weighted by molar-refractivity contribution is -0.124. The lowest BCUT2D eigenvalue weighted by atomic mass is 10.1. The number of fused-ring (bicyclic) bond motifs is 1. The number of hydrogen-bond donors (Lipinski definition) is 1. The minimum atomic E-state index is -3.53. The number of nitrogens with zero attached hydrogens (tertiary/aromatic N) is 1. The fourth-order valence-corrected chi connectivity index (χ4v) is 3.95. The van der Waals surface area contributed by atoms with Crippen LogP contribution in [0.15, 0.2) is 22.7 Å². The van der Waals surface area contributed by atoms with Gasteiger partial charge in [-0.3, -0.25) is 14.3 Å². The Hall–Kier alpha value is -1.41. The summed E-state index contributed by atoms with van der Waals surface area (Å²) in [6.45, 7) is 0.333. The van der Waals surface area contributed by atoms with E-state index in [1.807, 2.05) is 16.9 Å². The molecule has 1 aromatic rings. The Morgan fingerprint density at radius 2 is 2.05 bits per heavy atom. The van der Waals surface area contributed by atoms with Gasteiger partial charge in [-0.1, -0.05) is 22.0 Å². The first-order chi connectivity index (χ1) is 9.37. The standard InChI is InChI=1S/C12H11BrN2O4S/c13-8-2-1-7-6-15(12(17)9(7)5-8)10-3-4-20(18,19)14-11(10)16/h1-2,5,10H,3-4,6H2,(H,14,16). The highest BCUT2D eigenvalue weighted by molar-refractivity contribution is 9.10. The smallest absolute Gasteiger partial charge is 0.256 e. The zero-order valence-electron chi connectivity index (χ0n) is 10.3. The monoisotopic (exact) mass is 358 g/mol. The van der Waals surface area contributed by atoms with Crippen molar-refractivity contribution < 1.29 is 18.0 Å². The molecule has 1 atom stereocenters. The summed E-state index contributed by atoms with van der Waals surface area (Å²) >= 11 is 3.31. The summed E-state index contributed by atoms with van der Waals surface area (Å²) < 4.78 is 25.4. The van der Waals surface area contributed by atoms with Crippen LogP contribution >= 0.6 is 15.9 Å². The molecule has 2 aliphatic rings. The van der Waals surface area contributed by atoms with E-state index in [1.165, 1.54) is 4.90 Å². The predicted molar refractivity (Wildman–Crippen MR) is 74.4 cm³/mol. The molecule has 106 valence electrons. The first-order valence-electron chi connectivity index (χ1n) is 6.01. The number of carbonyl (C=O) groups is 2. The third kappa shape index (κ3) is 2.22. The van der Waals surface area contributed by atoms with Gasteiger partial charge in [-0.25, -0.2) is 8.42 Å². The largest absolute Gasteiger partial charge is 0.322 e. The zero-order valence-corrected chi connectivity index (χ0v) is 12.7. The highest BCUT2D eigenvalue weighted by atomic mass is 79.9. The number of carbonyl (C=O) groups excluding carboxylic acids is 2. The van der Waals surface area contributed by atoms with Crippen molar-refractivity contribution in [1.29, 1.82) is 0 Å². The Bertz CT molecular complexity index is 716. The van der Waals surface area contributed by atoms with Gasteiger partial charge in [-0.05, 0) is 24.1 Å². The van der Waals surface area contributed by atoms with Crippen LogP contribution in [-0.2, 0) is 21.4 Å². The number of nitrogens with one attached hydrogen (secondary N) is 1. The van der Waals surface area contributed by atoms with Gasteiger partial charge in [-0.2, -0.15) is 0 Å². The van der Waals surface area contributed by atoms with E-state index in [4.69, 9.17) is 0 Å². The Labute approximate surface area is 124 Å². The van der Waals surface area contributed by atoms with Gasteiger partial charge < -0.3 is 4.90 Å². The quantitative estimate of drug-likeness (QED) is 0.797. The molecule has 1 N–H and O–H groups in total. The van der Waals surface area contributed by atoms with Crippen molar-refractivity contribution in [2.24, 2.45) is 0 Å². The van der Waals surface area contributed by atoms with Gasteiger partial charge >= 0.3 is 0 Å². The molecular formula is C12H11BrN2O4S. The van der Waals surface area contributed by atoms with Gasteiger partial charge in [0.15, 0.2) is 0 Å². The molecule has 0 spiro atoms. The van der Waals surface area contributed by atoms with Crippen molar-refractivity contribution in [3.63, 3.8) is 0 Å². The highest BCUT2D eigenvalue weighted by Crippen LogP contribution is 2.29. The molecule has 0 saturated carbocycles. The van der Waals surface area contributed by atoms with Crippen LogP contribution in [0.4, 0.5) is 0 Å². The first-order valence-corrected chi connectivity index (χ1v) is 8.46. The van der Waals surface area contributed by atoms with Gasteiger partial charge in [0.05, 0.1) is 5.75 Å². The maximum Gasteiger partial charge on any atom is 0.256 e. The summed E-state index contributed by atoms with van der Waals surface area (Å²) in [5, 5.41) is 0. The van der Waals surface area contributed by atoms with Gasteiger partial charge in [0.2, 0.25) is 10.0 Å². The van der Waals surface area contributed by atoms with Crippen LogP contribution in [0, 0.1) is 0 Å². The molecule has 20 heavy (non-hydrogen) atoms. The van der Waals surface area contributed by atoms with E-state index in [-0.39, 0.29) is 18.1 Å². The summed E-state index contributed by atoms with van der Waals surface area (Å²) in [6.07, 6.45) is 0.134. The summed E-state index contributed by atoms with van der Waals surface area (Å²) in [7, 11) is -3.53. The molecule has 1 saturated heterocycles. The van der Waals surface area contributed by atoms with Crippen molar-refractivity contribution in [3.8, 4) is 0 Å². The zero-order chi connectivity index (χ0) is 14.5. The van der Waals surface area contributed by atoms with Crippen LogP contribution in [0.25, 0.3) is 0 Å². The second kappa shape index (κ2) is 4.56. The Balaban J connectivity index is 1.88. The molecule has 0 aromatic heterocycles. The second-order valence-corrected chi connectivity index (χ2v) is 7.58. The molecule has 0 radical (unpaired) electrons. The average molecular weight is 359 g/mol. The van der Waals surface area contributed by atoms with Crippen molar-refractivity contribution in [1.82, 2.24) is 9.62 Å². The fraction of sp³-hybridized carbons (Fsp3) is 0.333. The van der Waals surface area contributed by atoms with Gasteiger partial charge in [0.1, 0.15) is 6.04 Å². The van der Waals surface area contributed by atoms with Crippen LogP contribution in [-0.4, -0.2) is 36.9 Å². The lowest BCUT2D eigenvalue weighted by Gasteiger charge is -2.29. The molecule has 0 bridgehead atoms. The maximum absolute atomic E-state index is 12.3. The molecule has 1 fully saturated rings. The van der Waals surface area contributed by atoms with E-state index in [2.05, 4.69) is 15.9 Å².